The van der Waals surface area contributed by atoms with Crippen LogP contribution in [0, 0.1) is 5.92 Å². The highest BCUT2D eigenvalue weighted by molar-refractivity contribution is 9.10. The Kier molecular flexibility index (Phi) is 5.65. The Bertz CT molecular complexity index is 744. The molecule has 3 heterocycles. The molecule has 2 aromatic heterocycles. The fraction of sp³-hybridized carbons (Fsp3) is 0.526. The van der Waals surface area contributed by atoms with Gasteiger partial charge in [-0.05, 0) is 52.9 Å². The lowest BCUT2D eigenvalue weighted by atomic mass is 9.92. The van der Waals surface area contributed by atoms with Gasteiger partial charge in [0.25, 0.3) is 5.91 Å². The monoisotopic (exact) mass is 421 g/mol. The van der Waals surface area contributed by atoms with Gasteiger partial charge in [0.15, 0.2) is 10.4 Å². The lowest BCUT2D eigenvalue weighted by Crippen LogP contribution is -2.39. The summed E-state index contributed by atoms with van der Waals surface area (Å²) in [7, 11) is 0. The van der Waals surface area contributed by atoms with Crippen LogP contribution in [0.3, 0.4) is 0 Å². The van der Waals surface area contributed by atoms with Gasteiger partial charge in [0.1, 0.15) is 0 Å². The molecular weight excluding hydrogens is 398 g/mol. The molecular formula is C19H24BrN3O3. The highest BCUT2D eigenvalue weighted by Crippen LogP contribution is 2.23. The van der Waals surface area contributed by atoms with Crippen LogP contribution in [0.4, 0.5) is 0 Å². The fourth-order valence-electron chi connectivity index (χ4n) is 2.89. The van der Waals surface area contributed by atoms with Crippen LogP contribution in [0.5, 0.6) is 5.88 Å². The second-order valence-corrected chi connectivity index (χ2v) is 8.44. The van der Waals surface area contributed by atoms with Crippen LogP contribution in [0.15, 0.2) is 33.4 Å². The van der Waals surface area contributed by atoms with E-state index in [0.29, 0.717) is 41.9 Å². The number of nitrogens with zero attached hydrogens (tertiary/aromatic N) is 3. The number of amides is 1. The first kappa shape index (κ1) is 18.9. The van der Waals surface area contributed by atoms with Crippen molar-refractivity contribution < 1.29 is 13.9 Å². The summed E-state index contributed by atoms with van der Waals surface area (Å²) in [6, 6.07) is 7.27. The van der Waals surface area contributed by atoms with Crippen LogP contribution in [0.2, 0.25) is 0 Å². The maximum atomic E-state index is 12.4. The molecule has 1 saturated heterocycles. The Labute approximate surface area is 162 Å². The first-order valence-corrected chi connectivity index (χ1v) is 9.64. The molecule has 1 aliphatic heterocycles. The molecule has 1 fully saturated rings. The van der Waals surface area contributed by atoms with E-state index in [1.807, 2.05) is 17.0 Å². The van der Waals surface area contributed by atoms with Gasteiger partial charge in [0.05, 0.1) is 12.3 Å². The van der Waals surface area contributed by atoms with Crippen LogP contribution >= 0.6 is 15.9 Å². The van der Waals surface area contributed by atoms with Crippen LogP contribution in [0.25, 0.3) is 0 Å². The van der Waals surface area contributed by atoms with E-state index in [1.54, 1.807) is 12.1 Å². The second-order valence-electron chi connectivity index (χ2n) is 7.66. The number of halogens is 1. The largest absolute Gasteiger partial charge is 0.476 e. The second kappa shape index (κ2) is 7.78. The van der Waals surface area contributed by atoms with Gasteiger partial charge in [-0.1, -0.05) is 20.8 Å². The minimum Gasteiger partial charge on any atom is -0.476 e. The summed E-state index contributed by atoms with van der Waals surface area (Å²) >= 11 is 3.23. The van der Waals surface area contributed by atoms with Crippen LogP contribution in [-0.4, -0.2) is 40.7 Å². The summed E-state index contributed by atoms with van der Waals surface area (Å²) in [6.07, 6.45) is 1.81. The van der Waals surface area contributed by atoms with Crippen molar-refractivity contribution in [1.29, 1.82) is 0 Å². The van der Waals surface area contributed by atoms with Crippen LogP contribution in [-0.2, 0) is 5.41 Å². The number of likely N-dealkylation sites (tertiary alicyclic amines) is 1. The number of aromatic nitrogens is 2. The van der Waals surface area contributed by atoms with Crippen molar-refractivity contribution in [2.24, 2.45) is 5.92 Å². The van der Waals surface area contributed by atoms with E-state index >= 15 is 0 Å². The molecule has 0 bridgehead atoms. The van der Waals surface area contributed by atoms with Gasteiger partial charge in [-0.15, -0.1) is 5.10 Å². The number of piperidine rings is 1. The third-order valence-electron chi connectivity index (χ3n) is 4.56. The van der Waals surface area contributed by atoms with Crippen molar-refractivity contribution in [1.82, 2.24) is 15.1 Å². The van der Waals surface area contributed by atoms with Crippen molar-refractivity contribution >= 4 is 21.8 Å². The first-order valence-electron chi connectivity index (χ1n) is 8.84. The van der Waals surface area contributed by atoms with E-state index in [-0.39, 0.29) is 11.3 Å². The van der Waals surface area contributed by atoms with Gasteiger partial charge < -0.3 is 14.1 Å². The Balaban J connectivity index is 1.46. The summed E-state index contributed by atoms with van der Waals surface area (Å²) in [6.45, 7) is 8.33. The summed E-state index contributed by atoms with van der Waals surface area (Å²) < 4.78 is 11.7. The molecule has 0 radical (unpaired) electrons. The van der Waals surface area contributed by atoms with Crippen LogP contribution < -0.4 is 4.74 Å². The van der Waals surface area contributed by atoms with Gasteiger partial charge in [-0.2, -0.15) is 5.10 Å². The van der Waals surface area contributed by atoms with E-state index in [0.717, 1.165) is 18.5 Å². The number of carbonyl (C=O) groups is 1. The highest BCUT2D eigenvalue weighted by Gasteiger charge is 2.26. The number of rotatable bonds is 4. The zero-order valence-corrected chi connectivity index (χ0v) is 17.0. The fourth-order valence-corrected chi connectivity index (χ4v) is 3.19. The molecule has 0 spiro atoms. The molecule has 140 valence electrons. The number of carbonyl (C=O) groups excluding carboxylic acids is 1. The van der Waals surface area contributed by atoms with E-state index in [4.69, 9.17) is 9.15 Å². The van der Waals surface area contributed by atoms with Crippen molar-refractivity contribution in [3.8, 4) is 5.88 Å². The quantitative estimate of drug-likeness (QED) is 0.744. The van der Waals surface area contributed by atoms with E-state index in [9.17, 15) is 4.79 Å². The van der Waals surface area contributed by atoms with Gasteiger partial charge in [0.2, 0.25) is 5.88 Å². The lowest BCUT2D eigenvalue weighted by molar-refractivity contribution is 0.0626. The van der Waals surface area contributed by atoms with E-state index in [2.05, 4.69) is 46.9 Å². The SMILES string of the molecule is CC(C)(C)c1ccc(OCC2CCN(C(=O)c3ccc(Br)o3)CC2)nn1. The molecule has 0 aromatic carbocycles. The molecule has 0 unspecified atom stereocenters. The zero-order chi connectivity index (χ0) is 18.7. The van der Waals surface area contributed by atoms with E-state index in [1.165, 1.54) is 0 Å². The predicted molar refractivity (Wildman–Crippen MR) is 101 cm³/mol. The maximum Gasteiger partial charge on any atom is 0.289 e. The Morgan fingerprint density at radius 1 is 1.23 bits per heavy atom. The molecule has 0 N–H and O–H groups in total. The molecule has 7 heteroatoms. The maximum absolute atomic E-state index is 12.4. The number of hydrogen-bond acceptors (Lipinski definition) is 5. The van der Waals surface area contributed by atoms with Gasteiger partial charge in [0, 0.05) is 24.6 Å². The molecule has 2 aromatic rings. The average molecular weight is 422 g/mol. The number of furan rings is 1. The standard InChI is InChI=1S/C19H24BrN3O3/c1-19(2,3)15-5-7-17(22-21-15)25-12-13-8-10-23(11-9-13)18(24)14-4-6-16(20)26-14/h4-7,13H,8-12H2,1-3H3. The van der Waals surface area contributed by atoms with Gasteiger partial charge in [-0.25, -0.2) is 0 Å². The Morgan fingerprint density at radius 3 is 2.50 bits per heavy atom. The first-order chi connectivity index (χ1) is 12.3. The summed E-state index contributed by atoms with van der Waals surface area (Å²) in [5, 5.41) is 8.40. The normalized spacial score (nSPS) is 15.9. The van der Waals surface area contributed by atoms with Crippen molar-refractivity contribution in [3.05, 3.63) is 40.4 Å². The topological polar surface area (TPSA) is 68.5 Å². The minimum atomic E-state index is -0.0568. The molecule has 1 amide bonds. The average Bonchev–Trinajstić information content (AvgIpc) is 3.06. The third-order valence-corrected chi connectivity index (χ3v) is 4.99. The molecule has 3 rings (SSSR count). The molecule has 26 heavy (non-hydrogen) atoms. The predicted octanol–water partition coefficient (Wildman–Crippen LogP) is 4.06. The Hall–Kier alpha value is -1.89. The third kappa shape index (κ3) is 4.63. The van der Waals surface area contributed by atoms with E-state index < -0.39 is 0 Å². The molecule has 0 aliphatic carbocycles. The summed E-state index contributed by atoms with van der Waals surface area (Å²) in [4.78, 5) is 14.2. The van der Waals surface area contributed by atoms with Crippen molar-refractivity contribution in [2.45, 2.75) is 39.0 Å². The zero-order valence-electron chi connectivity index (χ0n) is 15.4. The molecule has 0 atom stereocenters. The number of hydrogen-bond donors (Lipinski definition) is 0. The number of ether oxygens (including phenoxy) is 1. The molecule has 1 aliphatic rings. The Morgan fingerprint density at radius 2 is 1.96 bits per heavy atom. The summed E-state index contributed by atoms with van der Waals surface area (Å²) in [5.74, 6) is 1.28. The smallest absolute Gasteiger partial charge is 0.289 e. The minimum absolute atomic E-state index is 0.0194. The molecule has 0 saturated carbocycles. The molecule has 6 nitrogen and oxygen atoms in total. The summed E-state index contributed by atoms with van der Waals surface area (Å²) in [5.41, 5.74) is 0.926. The van der Waals surface area contributed by atoms with Gasteiger partial charge in [-0.3, -0.25) is 4.79 Å². The lowest BCUT2D eigenvalue weighted by Gasteiger charge is -2.31. The van der Waals surface area contributed by atoms with Crippen molar-refractivity contribution in [2.75, 3.05) is 19.7 Å². The van der Waals surface area contributed by atoms with Gasteiger partial charge >= 0.3 is 0 Å². The highest BCUT2D eigenvalue weighted by atomic mass is 79.9. The van der Waals surface area contributed by atoms with Crippen LogP contribution in [0.1, 0.15) is 49.9 Å². The van der Waals surface area contributed by atoms with Crippen molar-refractivity contribution in [3.63, 3.8) is 0 Å².